The standard InChI is InChI=1S/C23H19N3O3/c1-13-8-9-21-18(10-13)22(28)19-11-17(14(2)25-23(19)29-21)15(3)26-24-12-16-6-4-5-7-20(16)27/h4-12,27H,1-3H3/b24-12+,26-15-. The van der Waals surface area contributed by atoms with E-state index < -0.39 is 0 Å². The number of aromatic nitrogens is 1. The highest BCUT2D eigenvalue weighted by molar-refractivity contribution is 6.02. The molecule has 1 N–H and O–H groups in total. The van der Waals surface area contributed by atoms with Crippen molar-refractivity contribution in [1.82, 2.24) is 4.98 Å². The summed E-state index contributed by atoms with van der Waals surface area (Å²) >= 11 is 0. The van der Waals surface area contributed by atoms with E-state index in [1.807, 2.05) is 26.0 Å². The first-order valence-electron chi connectivity index (χ1n) is 9.15. The van der Waals surface area contributed by atoms with Crippen molar-refractivity contribution in [3.63, 3.8) is 0 Å². The molecule has 4 aromatic rings. The molecule has 2 aromatic heterocycles. The van der Waals surface area contributed by atoms with Crippen LogP contribution in [0.5, 0.6) is 5.75 Å². The maximum absolute atomic E-state index is 13.0. The second-order valence-electron chi connectivity index (χ2n) is 6.89. The van der Waals surface area contributed by atoms with Gasteiger partial charge in [0.2, 0.25) is 11.1 Å². The number of aromatic hydroxyl groups is 1. The third-order valence-corrected chi connectivity index (χ3v) is 4.74. The number of nitrogens with zero attached hydrogens (tertiary/aromatic N) is 3. The van der Waals surface area contributed by atoms with Crippen molar-refractivity contribution in [2.75, 3.05) is 0 Å². The lowest BCUT2D eigenvalue weighted by Crippen LogP contribution is -2.08. The average Bonchev–Trinajstić information content (AvgIpc) is 2.70. The van der Waals surface area contributed by atoms with Crippen LogP contribution in [-0.2, 0) is 0 Å². The number of phenols is 1. The molecule has 0 aliphatic carbocycles. The number of para-hydroxylation sites is 1. The van der Waals surface area contributed by atoms with E-state index >= 15 is 0 Å². The van der Waals surface area contributed by atoms with Gasteiger partial charge in [-0.2, -0.15) is 10.2 Å². The Labute approximate surface area is 166 Å². The second kappa shape index (κ2) is 7.31. The van der Waals surface area contributed by atoms with Gasteiger partial charge >= 0.3 is 0 Å². The molecule has 0 spiro atoms. The Balaban J connectivity index is 1.80. The van der Waals surface area contributed by atoms with Crippen LogP contribution in [0.1, 0.15) is 29.3 Å². The summed E-state index contributed by atoms with van der Waals surface area (Å²) in [6, 6.07) is 14.1. The molecule has 0 amide bonds. The molecule has 0 bridgehead atoms. The molecule has 6 nitrogen and oxygen atoms in total. The van der Waals surface area contributed by atoms with E-state index in [0.29, 0.717) is 44.6 Å². The normalized spacial score (nSPS) is 12.3. The number of rotatable bonds is 3. The van der Waals surface area contributed by atoms with Gasteiger partial charge in [0, 0.05) is 11.1 Å². The van der Waals surface area contributed by atoms with Crippen LogP contribution in [0.4, 0.5) is 0 Å². The lowest BCUT2D eigenvalue weighted by Gasteiger charge is -2.07. The van der Waals surface area contributed by atoms with Crippen molar-refractivity contribution in [3.05, 3.63) is 81.1 Å². The van der Waals surface area contributed by atoms with Gasteiger partial charge in [-0.3, -0.25) is 4.79 Å². The Kier molecular flexibility index (Phi) is 4.68. The highest BCUT2D eigenvalue weighted by atomic mass is 16.3. The first-order chi connectivity index (χ1) is 13.9. The van der Waals surface area contributed by atoms with Crippen LogP contribution in [0, 0.1) is 13.8 Å². The van der Waals surface area contributed by atoms with Crippen LogP contribution in [0.15, 0.2) is 67.9 Å². The minimum atomic E-state index is -0.121. The fraction of sp³-hybridized carbons (Fsp3) is 0.130. The maximum Gasteiger partial charge on any atom is 0.230 e. The van der Waals surface area contributed by atoms with E-state index in [1.54, 1.807) is 43.3 Å². The molecule has 0 radical (unpaired) electrons. The zero-order chi connectivity index (χ0) is 20.5. The smallest absolute Gasteiger partial charge is 0.230 e. The van der Waals surface area contributed by atoms with Crippen LogP contribution >= 0.6 is 0 Å². The number of aryl methyl sites for hydroxylation is 2. The Bertz CT molecular complexity index is 1370. The first-order valence-corrected chi connectivity index (χ1v) is 9.15. The minimum absolute atomic E-state index is 0.121. The first kappa shape index (κ1) is 18.6. The Morgan fingerprint density at radius 2 is 1.90 bits per heavy atom. The van der Waals surface area contributed by atoms with Gasteiger partial charge in [0.05, 0.1) is 28.4 Å². The summed E-state index contributed by atoms with van der Waals surface area (Å²) in [7, 11) is 0. The number of hydrogen-bond acceptors (Lipinski definition) is 6. The van der Waals surface area contributed by atoms with Crippen LogP contribution in [0.25, 0.3) is 22.1 Å². The highest BCUT2D eigenvalue weighted by Crippen LogP contribution is 2.21. The number of benzene rings is 2. The molecule has 0 fully saturated rings. The molecule has 29 heavy (non-hydrogen) atoms. The Morgan fingerprint density at radius 1 is 1.10 bits per heavy atom. The van der Waals surface area contributed by atoms with Gasteiger partial charge in [0.25, 0.3) is 0 Å². The molecule has 6 heteroatoms. The molecule has 0 saturated heterocycles. The predicted octanol–water partition coefficient (Wildman–Crippen LogP) is 4.51. The lowest BCUT2D eigenvalue weighted by atomic mass is 10.1. The quantitative estimate of drug-likeness (QED) is 0.319. The zero-order valence-electron chi connectivity index (χ0n) is 16.3. The van der Waals surface area contributed by atoms with Crippen molar-refractivity contribution >= 4 is 34.0 Å². The van der Waals surface area contributed by atoms with Crippen molar-refractivity contribution in [3.8, 4) is 5.75 Å². The summed E-state index contributed by atoms with van der Waals surface area (Å²) in [5.41, 5.74) is 4.26. The van der Waals surface area contributed by atoms with Gasteiger partial charge in [-0.1, -0.05) is 23.8 Å². The fourth-order valence-corrected chi connectivity index (χ4v) is 3.18. The van der Waals surface area contributed by atoms with Crippen molar-refractivity contribution in [2.24, 2.45) is 10.2 Å². The van der Waals surface area contributed by atoms with Gasteiger partial charge < -0.3 is 9.52 Å². The van der Waals surface area contributed by atoms with Crippen LogP contribution in [-0.4, -0.2) is 22.0 Å². The van der Waals surface area contributed by atoms with E-state index in [-0.39, 0.29) is 11.2 Å². The predicted molar refractivity (Wildman–Crippen MR) is 115 cm³/mol. The summed E-state index contributed by atoms with van der Waals surface area (Å²) in [6.45, 7) is 5.56. The van der Waals surface area contributed by atoms with Crippen LogP contribution in [0.3, 0.4) is 0 Å². The summed E-state index contributed by atoms with van der Waals surface area (Å²) in [4.78, 5) is 17.4. The third-order valence-electron chi connectivity index (χ3n) is 4.74. The van der Waals surface area contributed by atoms with E-state index in [0.717, 1.165) is 5.56 Å². The second-order valence-corrected chi connectivity index (χ2v) is 6.89. The molecule has 144 valence electrons. The molecule has 4 rings (SSSR count). The highest BCUT2D eigenvalue weighted by Gasteiger charge is 2.13. The molecule has 0 atom stereocenters. The van der Waals surface area contributed by atoms with E-state index in [9.17, 15) is 9.90 Å². The number of phenolic OH excluding ortho intramolecular Hbond substituents is 1. The number of hydrogen-bond donors (Lipinski definition) is 1. The van der Waals surface area contributed by atoms with Gasteiger partial charge in [0.1, 0.15) is 11.3 Å². The summed E-state index contributed by atoms with van der Waals surface area (Å²) in [5.74, 6) is 0.132. The van der Waals surface area contributed by atoms with Gasteiger partial charge in [0.15, 0.2) is 0 Å². The van der Waals surface area contributed by atoms with E-state index in [2.05, 4.69) is 15.2 Å². The maximum atomic E-state index is 13.0. The molecule has 0 aliphatic heterocycles. The average molecular weight is 385 g/mol. The summed E-state index contributed by atoms with van der Waals surface area (Å²) in [6.07, 6.45) is 1.48. The molecule has 0 aliphatic rings. The van der Waals surface area contributed by atoms with E-state index in [1.165, 1.54) is 6.21 Å². The lowest BCUT2D eigenvalue weighted by molar-refractivity contribution is 0.474. The minimum Gasteiger partial charge on any atom is -0.507 e. The van der Waals surface area contributed by atoms with Crippen LogP contribution in [0.2, 0.25) is 0 Å². The summed E-state index contributed by atoms with van der Waals surface area (Å²) in [5, 5.41) is 19.0. The molecule has 0 saturated carbocycles. The molecular formula is C23H19N3O3. The van der Waals surface area contributed by atoms with Gasteiger partial charge in [-0.15, -0.1) is 0 Å². The largest absolute Gasteiger partial charge is 0.507 e. The molecular weight excluding hydrogens is 366 g/mol. The third kappa shape index (κ3) is 3.52. The van der Waals surface area contributed by atoms with Crippen molar-refractivity contribution < 1.29 is 9.52 Å². The van der Waals surface area contributed by atoms with Crippen molar-refractivity contribution in [1.29, 1.82) is 0 Å². The number of pyridine rings is 1. The van der Waals surface area contributed by atoms with Gasteiger partial charge in [-0.25, -0.2) is 4.98 Å². The fourth-order valence-electron chi connectivity index (χ4n) is 3.18. The SMILES string of the molecule is C/C(=N/N=C/c1ccccc1O)c1cc2c(=O)c3cc(C)ccc3oc2nc1C. The van der Waals surface area contributed by atoms with Gasteiger partial charge in [-0.05, 0) is 51.1 Å². The topological polar surface area (TPSA) is 88.0 Å². The monoisotopic (exact) mass is 385 g/mol. The van der Waals surface area contributed by atoms with Crippen LogP contribution < -0.4 is 5.43 Å². The zero-order valence-corrected chi connectivity index (χ0v) is 16.3. The molecule has 2 heterocycles. The van der Waals surface area contributed by atoms with Crippen molar-refractivity contribution in [2.45, 2.75) is 20.8 Å². The molecule has 2 aromatic carbocycles. The Hall–Kier alpha value is -3.80. The Morgan fingerprint density at radius 3 is 2.69 bits per heavy atom. The van der Waals surface area contributed by atoms with E-state index in [4.69, 9.17) is 4.42 Å². The molecule has 0 unspecified atom stereocenters. The number of fused-ring (bicyclic) bond motifs is 2. The summed E-state index contributed by atoms with van der Waals surface area (Å²) < 4.78 is 5.84.